The van der Waals surface area contributed by atoms with Crippen molar-refractivity contribution in [3.05, 3.63) is 35.0 Å². The molecule has 144 valence electrons. The van der Waals surface area contributed by atoms with Crippen LogP contribution < -0.4 is 10.6 Å². The minimum absolute atomic E-state index is 0.0953. The lowest BCUT2D eigenvalue weighted by Crippen LogP contribution is -2.44. The number of aryl methyl sites for hydroxylation is 1. The van der Waals surface area contributed by atoms with Crippen molar-refractivity contribution in [1.29, 1.82) is 0 Å². The molecule has 3 rings (SSSR count). The monoisotopic (exact) mass is 371 g/mol. The van der Waals surface area contributed by atoms with Crippen LogP contribution in [0, 0.1) is 5.92 Å². The second-order valence-electron chi connectivity index (χ2n) is 7.44. The summed E-state index contributed by atoms with van der Waals surface area (Å²) >= 11 is 0. The van der Waals surface area contributed by atoms with Gasteiger partial charge in [-0.25, -0.2) is 9.59 Å². The number of carbonyl (C=O) groups excluding carboxylic acids is 3. The Labute approximate surface area is 157 Å². The first kappa shape index (κ1) is 18.9. The molecule has 27 heavy (non-hydrogen) atoms. The van der Waals surface area contributed by atoms with Gasteiger partial charge in [0.15, 0.2) is 6.61 Å². The Balaban J connectivity index is 1.65. The van der Waals surface area contributed by atoms with E-state index in [9.17, 15) is 14.4 Å². The molecule has 2 aromatic rings. The van der Waals surface area contributed by atoms with E-state index in [0.717, 1.165) is 30.2 Å². The molecule has 0 fully saturated rings. The first-order valence-electron chi connectivity index (χ1n) is 9.24. The van der Waals surface area contributed by atoms with Crippen LogP contribution in [0.15, 0.2) is 18.2 Å². The van der Waals surface area contributed by atoms with Gasteiger partial charge in [-0.1, -0.05) is 6.92 Å². The molecule has 7 heteroatoms. The lowest BCUT2D eigenvalue weighted by Gasteiger charge is -2.18. The van der Waals surface area contributed by atoms with Crippen molar-refractivity contribution in [2.45, 2.75) is 46.1 Å². The smallest absolute Gasteiger partial charge is 0.338 e. The number of rotatable bonds is 4. The van der Waals surface area contributed by atoms with E-state index in [1.807, 2.05) is 12.1 Å². The van der Waals surface area contributed by atoms with E-state index < -0.39 is 24.5 Å². The van der Waals surface area contributed by atoms with Gasteiger partial charge >= 0.3 is 12.0 Å². The number of imide groups is 1. The maximum Gasteiger partial charge on any atom is 0.338 e. The van der Waals surface area contributed by atoms with Crippen molar-refractivity contribution in [3.63, 3.8) is 0 Å². The Morgan fingerprint density at radius 2 is 2.07 bits per heavy atom. The molecule has 1 aliphatic rings. The van der Waals surface area contributed by atoms with Crippen molar-refractivity contribution in [1.82, 2.24) is 15.6 Å². The van der Waals surface area contributed by atoms with Gasteiger partial charge in [-0.15, -0.1) is 0 Å². The van der Waals surface area contributed by atoms with Gasteiger partial charge in [0, 0.05) is 22.6 Å². The predicted octanol–water partition coefficient (Wildman–Crippen LogP) is 2.68. The summed E-state index contributed by atoms with van der Waals surface area (Å²) in [5, 5.41) is 5.68. The fraction of sp³-hybridized carbons (Fsp3) is 0.450. The van der Waals surface area contributed by atoms with Crippen LogP contribution in [0.2, 0.25) is 0 Å². The molecule has 1 aliphatic carbocycles. The summed E-state index contributed by atoms with van der Waals surface area (Å²) < 4.78 is 5.05. The largest absolute Gasteiger partial charge is 0.452 e. The van der Waals surface area contributed by atoms with E-state index in [4.69, 9.17) is 4.74 Å². The van der Waals surface area contributed by atoms with Crippen molar-refractivity contribution in [2.75, 3.05) is 6.61 Å². The van der Waals surface area contributed by atoms with Crippen molar-refractivity contribution in [3.8, 4) is 0 Å². The lowest BCUT2D eigenvalue weighted by atomic mass is 9.87. The maximum absolute atomic E-state index is 12.3. The Kier molecular flexibility index (Phi) is 5.48. The fourth-order valence-corrected chi connectivity index (χ4v) is 3.39. The van der Waals surface area contributed by atoms with Gasteiger partial charge in [-0.2, -0.15) is 0 Å². The van der Waals surface area contributed by atoms with E-state index in [0.29, 0.717) is 11.5 Å². The highest BCUT2D eigenvalue weighted by molar-refractivity contribution is 5.99. The summed E-state index contributed by atoms with van der Waals surface area (Å²) in [5.41, 5.74) is 3.90. The number of hydrogen-bond acceptors (Lipinski definition) is 4. The highest BCUT2D eigenvalue weighted by atomic mass is 16.5. The molecule has 3 amide bonds. The van der Waals surface area contributed by atoms with Gasteiger partial charge in [-0.05, 0) is 62.8 Å². The molecule has 1 aromatic carbocycles. The molecular weight excluding hydrogens is 346 g/mol. The fourth-order valence-electron chi connectivity index (χ4n) is 3.39. The SMILES string of the molecule is CC1CCc2[nH]c3ccc(C(=O)OCC(=O)NC(=O)NC(C)C)cc3c2C1. The number of nitrogens with one attached hydrogen (secondary N) is 3. The molecule has 1 heterocycles. The molecule has 0 bridgehead atoms. The number of amides is 3. The Morgan fingerprint density at radius 1 is 1.30 bits per heavy atom. The number of aromatic amines is 1. The second-order valence-corrected chi connectivity index (χ2v) is 7.44. The molecule has 1 unspecified atom stereocenters. The van der Waals surface area contributed by atoms with Crippen LogP contribution in [0.5, 0.6) is 0 Å². The molecule has 0 saturated carbocycles. The third-order valence-electron chi connectivity index (χ3n) is 4.68. The van der Waals surface area contributed by atoms with Crippen molar-refractivity contribution >= 4 is 28.8 Å². The molecule has 1 atom stereocenters. The number of carbonyl (C=O) groups is 3. The van der Waals surface area contributed by atoms with Gasteiger partial charge in [0.25, 0.3) is 5.91 Å². The van der Waals surface area contributed by atoms with Gasteiger partial charge in [0.1, 0.15) is 0 Å². The minimum Gasteiger partial charge on any atom is -0.452 e. The minimum atomic E-state index is -0.671. The summed E-state index contributed by atoms with van der Waals surface area (Å²) in [6.45, 7) is 5.28. The van der Waals surface area contributed by atoms with Crippen LogP contribution in [-0.4, -0.2) is 35.5 Å². The van der Waals surface area contributed by atoms with Gasteiger partial charge in [0.2, 0.25) is 0 Å². The zero-order valence-electron chi connectivity index (χ0n) is 15.8. The lowest BCUT2D eigenvalue weighted by molar-refractivity contribution is -0.123. The first-order valence-corrected chi connectivity index (χ1v) is 9.24. The van der Waals surface area contributed by atoms with Crippen LogP contribution in [0.25, 0.3) is 10.9 Å². The summed E-state index contributed by atoms with van der Waals surface area (Å²) in [5.74, 6) is -0.640. The quantitative estimate of drug-likeness (QED) is 0.719. The average molecular weight is 371 g/mol. The number of aromatic nitrogens is 1. The first-order chi connectivity index (χ1) is 12.8. The van der Waals surface area contributed by atoms with Crippen LogP contribution in [0.3, 0.4) is 0 Å². The second kappa shape index (κ2) is 7.82. The number of ether oxygens (including phenoxy) is 1. The number of urea groups is 1. The predicted molar refractivity (Wildman–Crippen MR) is 102 cm³/mol. The van der Waals surface area contributed by atoms with Crippen molar-refractivity contribution in [2.24, 2.45) is 5.92 Å². The zero-order chi connectivity index (χ0) is 19.6. The molecule has 3 N–H and O–H groups in total. The number of fused-ring (bicyclic) bond motifs is 3. The Hall–Kier alpha value is -2.83. The molecule has 0 aliphatic heterocycles. The Bertz CT molecular complexity index is 885. The third kappa shape index (κ3) is 4.48. The topological polar surface area (TPSA) is 100 Å². The summed E-state index contributed by atoms with van der Waals surface area (Å²) in [6, 6.07) is 4.65. The highest BCUT2D eigenvalue weighted by Crippen LogP contribution is 2.32. The third-order valence-corrected chi connectivity index (χ3v) is 4.68. The van der Waals surface area contributed by atoms with E-state index in [1.165, 1.54) is 11.3 Å². The van der Waals surface area contributed by atoms with Crippen LogP contribution in [0.1, 0.15) is 48.8 Å². The maximum atomic E-state index is 12.3. The van der Waals surface area contributed by atoms with E-state index in [1.54, 1.807) is 19.9 Å². The van der Waals surface area contributed by atoms with Gasteiger partial charge < -0.3 is 15.0 Å². The van der Waals surface area contributed by atoms with E-state index >= 15 is 0 Å². The highest BCUT2D eigenvalue weighted by Gasteiger charge is 2.21. The number of benzene rings is 1. The normalized spacial score (nSPS) is 16.1. The molecule has 0 radical (unpaired) electrons. The standard InChI is InChI=1S/C20H25N3O4/c1-11(2)21-20(26)23-18(24)10-27-19(25)13-5-7-17-15(9-13)14-8-12(3)4-6-16(14)22-17/h5,7,9,11-12,22H,4,6,8,10H2,1-3H3,(H2,21,23,24,26). The van der Waals surface area contributed by atoms with Crippen LogP contribution in [-0.2, 0) is 22.4 Å². The molecule has 0 saturated heterocycles. The molecule has 1 aromatic heterocycles. The summed E-state index contributed by atoms with van der Waals surface area (Å²) in [4.78, 5) is 38.9. The van der Waals surface area contributed by atoms with E-state index in [2.05, 4.69) is 22.5 Å². The number of hydrogen-bond donors (Lipinski definition) is 3. The molecule has 0 spiro atoms. The summed E-state index contributed by atoms with van der Waals surface area (Å²) in [7, 11) is 0. The van der Waals surface area contributed by atoms with Crippen molar-refractivity contribution < 1.29 is 19.1 Å². The van der Waals surface area contributed by atoms with Crippen LogP contribution in [0.4, 0.5) is 4.79 Å². The number of H-pyrrole nitrogens is 1. The number of esters is 1. The van der Waals surface area contributed by atoms with E-state index in [-0.39, 0.29) is 6.04 Å². The Morgan fingerprint density at radius 3 is 2.81 bits per heavy atom. The van der Waals surface area contributed by atoms with Gasteiger partial charge in [0.05, 0.1) is 5.56 Å². The average Bonchev–Trinajstić information content (AvgIpc) is 2.96. The molecular formula is C20H25N3O4. The zero-order valence-corrected chi connectivity index (χ0v) is 15.8. The molecule has 7 nitrogen and oxygen atoms in total. The summed E-state index contributed by atoms with van der Waals surface area (Å²) in [6.07, 6.45) is 3.17. The van der Waals surface area contributed by atoms with Gasteiger partial charge in [-0.3, -0.25) is 10.1 Å². The van der Waals surface area contributed by atoms with Crippen LogP contribution >= 0.6 is 0 Å².